The summed E-state index contributed by atoms with van der Waals surface area (Å²) in [5.41, 5.74) is 0. The minimum Gasteiger partial charge on any atom is -0.380 e. The molecule has 0 bridgehead atoms. The Hall–Kier alpha value is -0.120. The molecule has 1 saturated heterocycles. The zero-order chi connectivity index (χ0) is 14.7. The van der Waals surface area contributed by atoms with Crippen LogP contribution >= 0.6 is 0 Å². The van der Waals surface area contributed by atoms with Crippen LogP contribution < -0.4 is 5.32 Å². The molecule has 0 aromatic rings. The second kappa shape index (κ2) is 7.24. The smallest absolute Gasteiger partial charge is 0.0624 e. The van der Waals surface area contributed by atoms with Gasteiger partial charge in [0, 0.05) is 37.8 Å². The Bertz CT molecular complexity index is 289. The largest absolute Gasteiger partial charge is 0.380 e. The highest BCUT2D eigenvalue weighted by molar-refractivity contribution is 4.97. The quantitative estimate of drug-likeness (QED) is 0.777. The zero-order valence-electron chi connectivity index (χ0n) is 14.1. The first kappa shape index (κ1) is 16.3. The third kappa shape index (κ3) is 3.96. The number of rotatable bonds is 7. The maximum atomic E-state index is 5.79. The standard InChI is InChI=1S/C17H34N2O/c1-6-20-11-17(13(4)5)19-10-15(14-7-8-14)18-9-16(19)12(2)3/h12-18H,6-11H2,1-5H3. The molecule has 0 amide bonds. The second-order valence-corrected chi connectivity index (χ2v) is 7.33. The van der Waals surface area contributed by atoms with Crippen molar-refractivity contribution < 1.29 is 4.74 Å². The molecule has 1 heterocycles. The van der Waals surface area contributed by atoms with E-state index in [0.717, 1.165) is 25.7 Å². The molecular formula is C17H34N2O. The van der Waals surface area contributed by atoms with Gasteiger partial charge in [-0.05, 0) is 37.5 Å². The highest BCUT2D eigenvalue weighted by atomic mass is 16.5. The molecule has 3 heteroatoms. The first-order valence-corrected chi connectivity index (χ1v) is 8.61. The van der Waals surface area contributed by atoms with E-state index in [1.165, 1.54) is 19.4 Å². The fourth-order valence-corrected chi connectivity index (χ4v) is 3.54. The molecule has 0 radical (unpaired) electrons. The number of nitrogens with one attached hydrogen (secondary N) is 1. The van der Waals surface area contributed by atoms with Crippen LogP contribution in [0.1, 0.15) is 47.5 Å². The summed E-state index contributed by atoms with van der Waals surface area (Å²) in [4.78, 5) is 2.77. The molecule has 1 N–H and O–H groups in total. The maximum absolute atomic E-state index is 5.79. The van der Waals surface area contributed by atoms with Crippen LogP contribution in [0.15, 0.2) is 0 Å². The predicted molar refractivity (Wildman–Crippen MR) is 85.0 cm³/mol. The van der Waals surface area contributed by atoms with Crippen molar-refractivity contribution in [1.29, 1.82) is 0 Å². The molecule has 20 heavy (non-hydrogen) atoms. The molecule has 2 fully saturated rings. The van der Waals surface area contributed by atoms with E-state index in [9.17, 15) is 0 Å². The normalized spacial score (nSPS) is 30.1. The molecule has 0 aromatic carbocycles. The lowest BCUT2D eigenvalue weighted by molar-refractivity contribution is -0.0139. The van der Waals surface area contributed by atoms with Crippen LogP contribution in [0.4, 0.5) is 0 Å². The highest BCUT2D eigenvalue weighted by Crippen LogP contribution is 2.35. The number of hydrogen-bond acceptors (Lipinski definition) is 3. The van der Waals surface area contributed by atoms with Crippen LogP contribution in [-0.2, 0) is 4.74 Å². The molecule has 2 aliphatic rings. The van der Waals surface area contributed by atoms with Crippen molar-refractivity contribution in [2.75, 3.05) is 26.3 Å². The van der Waals surface area contributed by atoms with Crippen molar-refractivity contribution in [2.45, 2.75) is 65.6 Å². The predicted octanol–water partition coefficient (Wildman–Crippen LogP) is 2.76. The molecule has 3 unspecified atom stereocenters. The Labute approximate surface area is 125 Å². The summed E-state index contributed by atoms with van der Waals surface area (Å²) >= 11 is 0. The zero-order valence-corrected chi connectivity index (χ0v) is 14.1. The molecule has 3 nitrogen and oxygen atoms in total. The van der Waals surface area contributed by atoms with Crippen molar-refractivity contribution in [3.8, 4) is 0 Å². The van der Waals surface area contributed by atoms with Crippen molar-refractivity contribution in [3.63, 3.8) is 0 Å². The van der Waals surface area contributed by atoms with Crippen LogP contribution in [0.5, 0.6) is 0 Å². The average Bonchev–Trinajstić information content (AvgIpc) is 3.22. The maximum Gasteiger partial charge on any atom is 0.0624 e. The number of nitrogens with zero attached hydrogens (tertiary/aromatic N) is 1. The number of hydrogen-bond donors (Lipinski definition) is 1. The van der Waals surface area contributed by atoms with Crippen molar-refractivity contribution in [2.24, 2.45) is 17.8 Å². The lowest BCUT2D eigenvalue weighted by Gasteiger charge is -2.47. The van der Waals surface area contributed by atoms with E-state index < -0.39 is 0 Å². The van der Waals surface area contributed by atoms with Gasteiger partial charge < -0.3 is 10.1 Å². The van der Waals surface area contributed by atoms with Crippen LogP contribution in [0.25, 0.3) is 0 Å². The van der Waals surface area contributed by atoms with Crippen molar-refractivity contribution in [3.05, 3.63) is 0 Å². The van der Waals surface area contributed by atoms with Gasteiger partial charge in [-0.1, -0.05) is 27.7 Å². The summed E-state index contributed by atoms with van der Waals surface area (Å²) in [6.45, 7) is 15.6. The minimum atomic E-state index is 0.561. The Morgan fingerprint density at radius 2 is 1.90 bits per heavy atom. The third-order valence-electron chi connectivity index (χ3n) is 5.07. The van der Waals surface area contributed by atoms with Gasteiger partial charge in [0.05, 0.1) is 6.61 Å². The summed E-state index contributed by atoms with van der Waals surface area (Å²) in [5.74, 6) is 2.29. The van der Waals surface area contributed by atoms with Gasteiger partial charge in [-0.2, -0.15) is 0 Å². The van der Waals surface area contributed by atoms with Gasteiger partial charge in [0.15, 0.2) is 0 Å². The molecule has 1 aliphatic carbocycles. The number of piperazine rings is 1. The topological polar surface area (TPSA) is 24.5 Å². The van der Waals surface area contributed by atoms with Gasteiger partial charge in [0.1, 0.15) is 0 Å². The Morgan fingerprint density at radius 3 is 2.40 bits per heavy atom. The lowest BCUT2D eigenvalue weighted by Crippen LogP contribution is -2.63. The van der Waals surface area contributed by atoms with Gasteiger partial charge >= 0.3 is 0 Å². The first-order chi connectivity index (χ1) is 9.54. The van der Waals surface area contributed by atoms with E-state index in [-0.39, 0.29) is 0 Å². The van der Waals surface area contributed by atoms with E-state index in [1.807, 2.05) is 0 Å². The van der Waals surface area contributed by atoms with Gasteiger partial charge in [-0.3, -0.25) is 4.90 Å². The summed E-state index contributed by atoms with van der Waals surface area (Å²) in [6, 6.07) is 1.93. The van der Waals surface area contributed by atoms with E-state index in [1.54, 1.807) is 0 Å². The average molecular weight is 282 g/mol. The fourth-order valence-electron chi connectivity index (χ4n) is 3.54. The molecule has 118 valence electrons. The molecule has 1 aliphatic heterocycles. The molecule has 1 saturated carbocycles. The lowest BCUT2D eigenvalue weighted by atomic mass is 9.92. The summed E-state index contributed by atoms with van der Waals surface area (Å²) in [6.07, 6.45) is 2.85. The van der Waals surface area contributed by atoms with Gasteiger partial charge in [0.25, 0.3) is 0 Å². The Kier molecular flexibility index (Phi) is 5.88. The number of ether oxygens (including phenoxy) is 1. The van der Waals surface area contributed by atoms with Crippen molar-refractivity contribution >= 4 is 0 Å². The van der Waals surface area contributed by atoms with E-state index in [2.05, 4.69) is 44.8 Å². The van der Waals surface area contributed by atoms with Gasteiger partial charge in [-0.15, -0.1) is 0 Å². The monoisotopic (exact) mass is 282 g/mol. The van der Waals surface area contributed by atoms with E-state index >= 15 is 0 Å². The van der Waals surface area contributed by atoms with E-state index in [4.69, 9.17) is 4.74 Å². The highest BCUT2D eigenvalue weighted by Gasteiger charge is 2.40. The Balaban J connectivity index is 2.06. The van der Waals surface area contributed by atoms with Gasteiger partial charge in [-0.25, -0.2) is 0 Å². The van der Waals surface area contributed by atoms with Crippen LogP contribution in [-0.4, -0.2) is 49.3 Å². The molecule has 0 aromatic heterocycles. The third-order valence-corrected chi connectivity index (χ3v) is 5.07. The molecule has 0 spiro atoms. The second-order valence-electron chi connectivity index (χ2n) is 7.33. The van der Waals surface area contributed by atoms with Gasteiger partial charge in [0.2, 0.25) is 0 Å². The SMILES string of the molecule is CCOCC(C(C)C)N1CC(C2CC2)NCC1C(C)C. The van der Waals surface area contributed by atoms with Crippen LogP contribution in [0.3, 0.4) is 0 Å². The summed E-state index contributed by atoms with van der Waals surface area (Å²) in [5, 5.41) is 3.81. The van der Waals surface area contributed by atoms with Crippen LogP contribution in [0, 0.1) is 17.8 Å². The van der Waals surface area contributed by atoms with E-state index in [0.29, 0.717) is 30.0 Å². The van der Waals surface area contributed by atoms with Crippen LogP contribution in [0.2, 0.25) is 0 Å². The molecule has 2 rings (SSSR count). The minimum absolute atomic E-state index is 0.561. The molecule has 3 atom stereocenters. The van der Waals surface area contributed by atoms with Crippen molar-refractivity contribution in [1.82, 2.24) is 10.2 Å². The fraction of sp³-hybridized carbons (Fsp3) is 1.00. The Morgan fingerprint density at radius 1 is 1.20 bits per heavy atom. The summed E-state index contributed by atoms with van der Waals surface area (Å²) in [7, 11) is 0. The molecular weight excluding hydrogens is 248 g/mol. The first-order valence-electron chi connectivity index (χ1n) is 8.61. The summed E-state index contributed by atoms with van der Waals surface area (Å²) < 4.78 is 5.79.